The van der Waals surface area contributed by atoms with Gasteiger partial charge in [-0.15, -0.1) is 0 Å². The molecule has 1 aliphatic carbocycles. The summed E-state index contributed by atoms with van der Waals surface area (Å²) < 4.78 is 0. The minimum absolute atomic E-state index is 0.0864. The Morgan fingerprint density at radius 2 is 1.96 bits per heavy atom. The number of rotatable bonds is 3. The topological polar surface area (TPSA) is 37.0 Å². The second-order valence-corrected chi connectivity index (χ2v) is 6.84. The minimum atomic E-state index is -0.0864. The minimum Gasteiger partial charge on any atom is -0.353 e. The van der Waals surface area contributed by atoms with Gasteiger partial charge < -0.3 is 10.6 Å². The fraction of sp³-hybridized carbons (Fsp3) is 0.368. The van der Waals surface area contributed by atoms with Gasteiger partial charge in [-0.1, -0.05) is 36.6 Å². The van der Waals surface area contributed by atoms with Gasteiger partial charge in [0.15, 0.2) is 5.11 Å². The number of hydrogen-bond acceptors (Lipinski definition) is 2. The van der Waals surface area contributed by atoms with Gasteiger partial charge in [-0.05, 0) is 62.2 Å². The molecule has 4 heteroatoms. The highest BCUT2D eigenvalue weighted by Gasteiger charge is 2.36. The van der Waals surface area contributed by atoms with Gasteiger partial charge in [0.25, 0.3) is 0 Å². The zero-order chi connectivity index (χ0) is 16.3. The number of nitrogens with zero attached hydrogens (tertiary/aromatic N) is 1. The number of anilines is 1. The maximum atomic E-state index is 5.59. The Morgan fingerprint density at radius 1 is 1.17 bits per heavy atom. The van der Waals surface area contributed by atoms with Crippen molar-refractivity contribution >= 4 is 23.0 Å². The lowest BCUT2D eigenvalue weighted by Gasteiger charge is -2.32. The summed E-state index contributed by atoms with van der Waals surface area (Å²) in [7, 11) is 0. The maximum Gasteiger partial charge on any atom is 0.171 e. The Bertz CT molecular complexity index is 691. The van der Waals surface area contributed by atoms with Gasteiger partial charge in [0.2, 0.25) is 0 Å². The van der Waals surface area contributed by atoms with Gasteiger partial charge in [-0.3, -0.25) is 4.98 Å². The number of nitrogens with one attached hydrogen (secondary N) is 2. The lowest BCUT2D eigenvalue weighted by Crippen LogP contribution is -2.45. The number of thiocarbonyl (C=S) groups is 1. The number of aromatic nitrogens is 1. The van der Waals surface area contributed by atoms with Crippen molar-refractivity contribution in [3.63, 3.8) is 0 Å². The third-order valence-corrected chi connectivity index (χ3v) is 4.86. The van der Waals surface area contributed by atoms with Crippen molar-refractivity contribution in [1.29, 1.82) is 0 Å². The van der Waals surface area contributed by atoms with Crippen LogP contribution in [0.1, 0.15) is 42.4 Å². The molecular formula is C19H23N3S. The molecule has 0 spiro atoms. The third kappa shape index (κ3) is 3.53. The summed E-state index contributed by atoms with van der Waals surface area (Å²) in [5, 5.41) is 7.62. The predicted molar refractivity (Wildman–Crippen MR) is 99.7 cm³/mol. The van der Waals surface area contributed by atoms with Crippen LogP contribution in [-0.2, 0) is 5.54 Å². The van der Waals surface area contributed by atoms with E-state index in [1.165, 1.54) is 29.5 Å². The van der Waals surface area contributed by atoms with E-state index in [1.54, 1.807) is 0 Å². The molecule has 0 amide bonds. The first-order valence-electron chi connectivity index (χ1n) is 8.16. The summed E-state index contributed by atoms with van der Waals surface area (Å²) in [6, 6.07) is 10.5. The van der Waals surface area contributed by atoms with Gasteiger partial charge in [-0.2, -0.15) is 0 Å². The Hall–Kier alpha value is -1.94. The van der Waals surface area contributed by atoms with Crippen molar-refractivity contribution < 1.29 is 0 Å². The van der Waals surface area contributed by atoms with Crippen molar-refractivity contribution in [3.05, 3.63) is 59.4 Å². The van der Waals surface area contributed by atoms with Crippen LogP contribution in [-0.4, -0.2) is 10.1 Å². The van der Waals surface area contributed by atoms with Crippen LogP contribution in [0.25, 0.3) is 0 Å². The lowest BCUT2D eigenvalue weighted by molar-refractivity contribution is 0.407. The van der Waals surface area contributed by atoms with Gasteiger partial charge in [0.1, 0.15) is 0 Å². The molecule has 3 nitrogen and oxygen atoms in total. The molecule has 0 bridgehead atoms. The molecular weight excluding hydrogens is 302 g/mol. The largest absolute Gasteiger partial charge is 0.353 e. The Balaban J connectivity index is 1.77. The van der Waals surface area contributed by atoms with E-state index < -0.39 is 0 Å². The van der Waals surface area contributed by atoms with Crippen molar-refractivity contribution in [2.24, 2.45) is 0 Å². The molecule has 1 heterocycles. The standard InChI is InChI=1S/C19H23N3S/c1-14-7-8-17(15(2)12-14)21-18(23)22-19(9-3-4-10-19)16-6-5-11-20-13-16/h5-8,11-13H,3-4,9-10H2,1-2H3,(H2,21,22,23). The molecule has 120 valence electrons. The van der Waals surface area contributed by atoms with E-state index in [1.807, 2.05) is 18.5 Å². The van der Waals surface area contributed by atoms with Crippen molar-refractivity contribution in [2.45, 2.75) is 45.1 Å². The van der Waals surface area contributed by atoms with E-state index in [4.69, 9.17) is 12.2 Å². The number of pyridine rings is 1. The highest BCUT2D eigenvalue weighted by Crippen LogP contribution is 2.38. The van der Waals surface area contributed by atoms with Crippen LogP contribution >= 0.6 is 12.2 Å². The van der Waals surface area contributed by atoms with Crippen LogP contribution < -0.4 is 10.6 Å². The average Bonchev–Trinajstić information content (AvgIpc) is 3.01. The molecule has 2 aromatic rings. The molecule has 1 aromatic carbocycles. The second kappa shape index (κ2) is 6.67. The van der Waals surface area contributed by atoms with E-state index in [0.717, 1.165) is 18.5 Å². The van der Waals surface area contributed by atoms with E-state index in [2.05, 4.69) is 53.7 Å². The van der Waals surface area contributed by atoms with E-state index in [0.29, 0.717) is 5.11 Å². The van der Waals surface area contributed by atoms with Crippen molar-refractivity contribution in [1.82, 2.24) is 10.3 Å². The van der Waals surface area contributed by atoms with Crippen LogP contribution in [0, 0.1) is 13.8 Å². The number of benzene rings is 1. The highest BCUT2D eigenvalue weighted by molar-refractivity contribution is 7.80. The Morgan fingerprint density at radius 3 is 2.61 bits per heavy atom. The van der Waals surface area contributed by atoms with E-state index in [9.17, 15) is 0 Å². The Kier molecular flexibility index (Phi) is 4.62. The maximum absolute atomic E-state index is 5.59. The molecule has 0 unspecified atom stereocenters. The molecule has 2 N–H and O–H groups in total. The SMILES string of the molecule is Cc1ccc(NC(=S)NC2(c3cccnc3)CCCC2)c(C)c1. The first-order valence-corrected chi connectivity index (χ1v) is 8.57. The fourth-order valence-electron chi connectivity index (χ4n) is 3.43. The number of aryl methyl sites for hydroxylation is 2. The summed E-state index contributed by atoms with van der Waals surface area (Å²) in [5.41, 5.74) is 4.66. The quantitative estimate of drug-likeness (QED) is 0.817. The normalized spacial score (nSPS) is 16.1. The molecule has 1 fully saturated rings. The van der Waals surface area contributed by atoms with E-state index in [-0.39, 0.29) is 5.54 Å². The fourth-order valence-corrected chi connectivity index (χ4v) is 3.74. The van der Waals surface area contributed by atoms with Crippen molar-refractivity contribution in [2.75, 3.05) is 5.32 Å². The molecule has 1 saturated carbocycles. The summed E-state index contributed by atoms with van der Waals surface area (Å²) in [6.07, 6.45) is 8.39. The molecule has 23 heavy (non-hydrogen) atoms. The first kappa shape index (κ1) is 15.9. The highest BCUT2D eigenvalue weighted by atomic mass is 32.1. The van der Waals surface area contributed by atoms with Crippen LogP contribution in [0.2, 0.25) is 0 Å². The lowest BCUT2D eigenvalue weighted by atomic mass is 9.89. The van der Waals surface area contributed by atoms with Crippen LogP contribution in [0.3, 0.4) is 0 Å². The monoisotopic (exact) mass is 325 g/mol. The van der Waals surface area contributed by atoms with Gasteiger partial charge in [-0.25, -0.2) is 0 Å². The van der Waals surface area contributed by atoms with Crippen LogP contribution in [0.15, 0.2) is 42.7 Å². The zero-order valence-corrected chi connectivity index (χ0v) is 14.5. The summed E-state index contributed by atoms with van der Waals surface area (Å²) >= 11 is 5.59. The molecule has 0 saturated heterocycles. The van der Waals surface area contributed by atoms with Gasteiger partial charge >= 0.3 is 0 Å². The molecule has 0 aliphatic heterocycles. The zero-order valence-electron chi connectivity index (χ0n) is 13.7. The average molecular weight is 325 g/mol. The first-order chi connectivity index (χ1) is 11.1. The van der Waals surface area contributed by atoms with Crippen LogP contribution in [0.4, 0.5) is 5.69 Å². The molecule has 0 radical (unpaired) electrons. The molecule has 3 rings (SSSR count). The Labute approximate surface area is 143 Å². The van der Waals surface area contributed by atoms with Gasteiger partial charge in [0.05, 0.1) is 5.54 Å². The van der Waals surface area contributed by atoms with Gasteiger partial charge in [0, 0.05) is 18.1 Å². The summed E-state index contributed by atoms with van der Waals surface area (Å²) in [6.45, 7) is 4.20. The third-order valence-electron chi connectivity index (χ3n) is 4.65. The predicted octanol–water partition coefficient (Wildman–Crippen LogP) is 4.45. The summed E-state index contributed by atoms with van der Waals surface area (Å²) in [4.78, 5) is 4.29. The molecule has 0 atom stereocenters. The molecule has 1 aromatic heterocycles. The summed E-state index contributed by atoms with van der Waals surface area (Å²) in [5.74, 6) is 0. The molecule has 1 aliphatic rings. The van der Waals surface area contributed by atoms with Crippen LogP contribution in [0.5, 0.6) is 0 Å². The smallest absolute Gasteiger partial charge is 0.171 e. The number of hydrogen-bond donors (Lipinski definition) is 2. The second-order valence-electron chi connectivity index (χ2n) is 6.43. The van der Waals surface area contributed by atoms with E-state index >= 15 is 0 Å². The van der Waals surface area contributed by atoms with Crippen molar-refractivity contribution in [3.8, 4) is 0 Å².